The summed E-state index contributed by atoms with van der Waals surface area (Å²) in [6.45, 7) is 0. The number of carbonyl (C=O) groups is 1. The minimum absolute atomic E-state index is 0.0122. The second kappa shape index (κ2) is 6.64. The SMILES string of the molecule is CN1C(=O)c2ccc(I)cc2[C@@H](c2ccccc2)[C@@H]1c1ccccc1. The van der Waals surface area contributed by atoms with Gasteiger partial charge in [0, 0.05) is 22.1 Å². The summed E-state index contributed by atoms with van der Waals surface area (Å²) in [5, 5.41) is 0. The van der Waals surface area contributed by atoms with Crippen LogP contribution >= 0.6 is 22.6 Å². The molecule has 0 radical (unpaired) electrons. The molecule has 3 aromatic carbocycles. The molecule has 124 valence electrons. The fourth-order valence-corrected chi connectivity index (χ4v) is 4.30. The van der Waals surface area contributed by atoms with Crippen LogP contribution in [0.2, 0.25) is 0 Å². The first-order valence-electron chi connectivity index (χ1n) is 8.33. The Labute approximate surface area is 161 Å². The lowest BCUT2D eigenvalue weighted by atomic mass is 9.76. The van der Waals surface area contributed by atoms with Crippen LogP contribution in [-0.4, -0.2) is 17.9 Å². The first-order valence-corrected chi connectivity index (χ1v) is 9.41. The maximum absolute atomic E-state index is 13.0. The summed E-state index contributed by atoms with van der Waals surface area (Å²) >= 11 is 2.32. The average molecular weight is 439 g/mol. The molecule has 0 aliphatic carbocycles. The second-order valence-corrected chi connectivity index (χ2v) is 7.64. The van der Waals surface area contributed by atoms with Crippen molar-refractivity contribution >= 4 is 28.5 Å². The van der Waals surface area contributed by atoms with Gasteiger partial charge < -0.3 is 4.90 Å². The normalized spacial score (nSPS) is 19.6. The predicted octanol–water partition coefficient (Wildman–Crippen LogP) is 5.25. The molecule has 3 aromatic rings. The summed E-state index contributed by atoms with van der Waals surface area (Å²) in [7, 11) is 1.91. The summed E-state index contributed by atoms with van der Waals surface area (Å²) < 4.78 is 1.15. The largest absolute Gasteiger partial charge is 0.334 e. The lowest BCUT2D eigenvalue weighted by Gasteiger charge is -2.41. The summed E-state index contributed by atoms with van der Waals surface area (Å²) in [5.74, 6) is 0.212. The molecule has 0 N–H and O–H groups in total. The Hall–Kier alpha value is -2.14. The van der Waals surface area contributed by atoms with Crippen molar-refractivity contribution in [3.63, 3.8) is 0 Å². The van der Waals surface area contributed by atoms with Gasteiger partial charge in [-0.1, -0.05) is 60.7 Å². The maximum Gasteiger partial charge on any atom is 0.254 e. The molecule has 1 aliphatic rings. The van der Waals surface area contributed by atoms with Crippen LogP contribution < -0.4 is 0 Å². The Bertz CT molecular complexity index is 908. The molecule has 1 aliphatic heterocycles. The number of benzene rings is 3. The van der Waals surface area contributed by atoms with Crippen molar-refractivity contribution in [2.24, 2.45) is 0 Å². The van der Waals surface area contributed by atoms with Gasteiger partial charge in [0.1, 0.15) is 0 Å². The number of likely N-dealkylation sites (N-methyl/N-ethyl adjacent to an activating group) is 1. The topological polar surface area (TPSA) is 20.3 Å². The van der Waals surface area contributed by atoms with Gasteiger partial charge in [0.2, 0.25) is 0 Å². The molecule has 0 saturated heterocycles. The highest BCUT2D eigenvalue weighted by Gasteiger charge is 2.39. The minimum atomic E-state index is -0.0122. The van der Waals surface area contributed by atoms with E-state index >= 15 is 0 Å². The Morgan fingerprint density at radius 1 is 0.840 bits per heavy atom. The summed E-state index contributed by atoms with van der Waals surface area (Å²) in [4.78, 5) is 14.9. The van der Waals surface area contributed by atoms with E-state index < -0.39 is 0 Å². The third-order valence-corrected chi connectivity index (χ3v) is 5.60. The highest BCUT2D eigenvalue weighted by Crippen LogP contribution is 2.45. The van der Waals surface area contributed by atoms with Crippen LogP contribution in [-0.2, 0) is 0 Å². The molecule has 1 amide bonds. The number of hydrogen-bond donors (Lipinski definition) is 0. The summed E-state index contributed by atoms with van der Waals surface area (Å²) in [6, 6.07) is 27.0. The molecule has 2 atom stereocenters. The number of nitrogens with zero attached hydrogens (tertiary/aromatic N) is 1. The van der Waals surface area contributed by atoms with E-state index in [0.29, 0.717) is 0 Å². The Balaban J connectivity index is 1.98. The highest BCUT2D eigenvalue weighted by atomic mass is 127. The zero-order valence-electron chi connectivity index (χ0n) is 13.9. The molecule has 0 fully saturated rings. The molecule has 1 heterocycles. The number of amides is 1. The van der Waals surface area contributed by atoms with Crippen molar-refractivity contribution in [3.8, 4) is 0 Å². The molecule has 0 bridgehead atoms. The second-order valence-electron chi connectivity index (χ2n) is 6.39. The van der Waals surface area contributed by atoms with Gasteiger partial charge in [0.25, 0.3) is 5.91 Å². The van der Waals surface area contributed by atoms with E-state index in [0.717, 1.165) is 20.3 Å². The van der Waals surface area contributed by atoms with E-state index in [2.05, 4.69) is 65.1 Å². The monoisotopic (exact) mass is 439 g/mol. The zero-order valence-corrected chi connectivity index (χ0v) is 16.1. The number of rotatable bonds is 2. The van der Waals surface area contributed by atoms with Gasteiger partial charge in [0.15, 0.2) is 0 Å². The van der Waals surface area contributed by atoms with Gasteiger partial charge in [-0.2, -0.15) is 0 Å². The van der Waals surface area contributed by atoms with Crippen LogP contribution in [0.4, 0.5) is 0 Å². The van der Waals surface area contributed by atoms with Gasteiger partial charge in [0.05, 0.1) is 6.04 Å². The van der Waals surface area contributed by atoms with Crippen molar-refractivity contribution in [1.82, 2.24) is 4.90 Å². The molecular weight excluding hydrogens is 421 g/mol. The van der Waals surface area contributed by atoms with E-state index in [1.807, 2.05) is 48.3 Å². The molecule has 0 saturated carbocycles. The standard InChI is InChI=1S/C22H18INO/c1-24-21(16-10-6-3-7-11-16)20(15-8-4-2-5-9-15)19-14-17(23)12-13-18(19)22(24)25/h2-14,20-21H,1H3/t20-,21+/m1/s1. The average Bonchev–Trinajstić information content (AvgIpc) is 2.65. The van der Waals surface area contributed by atoms with Gasteiger partial charge in [-0.25, -0.2) is 0 Å². The van der Waals surface area contributed by atoms with Crippen molar-refractivity contribution in [2.45, 2.75) is 12.0 Å². The van der Waals surface area contributed by atoms with Crippen molar-refractivity contribution < 1.29 is 4.79 Å². The van der Waals surface area contributed by atoms with Crippen LogP contribution in [0, 0.1) is 3.57 Å². The van der Waals surface area contributed by atoms with Crippen LogP contribution in [0.3, 0.4) is 0 Å². The van der Waals surface area contributed by atoms with Gasteiger partial charge in [-0.15, -0.1) is 0 Å². The van der Waals surface area contributed by atoms with Crippen molar-refractivity contribution in [3.05, 3.63) is 105 Å². The smallest absolute Gasteiger partial charge is 0.254 e. The van der Waals surface area contributed by atoms with Crippen molar-refractivity contribution in [1.29, 1.82) is 0 Å². The zero-order chi connectivity index (χ0) is 17.4. The van der Waals surface area contributed by atoms with Crippen LogP contribution in [0.15, 0.2) is 78.9 Å². The Morgan fingerprint density at radius 2 is 1.44 bits per heavy atom. The minimum Gasteiger partial charge on any atom is -0.334 e. The van der Waals surface area contributed by atoms with E-state index in [4.69, 9.17) is 0 Å². The quantitative estimate of drug-likeness (QED) is 0.500. The van der Waals surface area contributed by atoms with Gasteiger partial charge >= 0.3 is 0 Å². The number of carbonyl (C=O) groups excluding carboxylic acids is 1. The van der Waals surface area contributed by atoms with E-state index in [9.17, 15) is 4.79 Å². The summed E-state index contributed by atoms with van der Waals surface area (Å²) in [5.41, 5.74) is 4.33. The lowest BCUT2D eigenvalue weighted by Crippen LogP contribution is -2.40. The van der Waals surface area contributed by atoms with Crippen molar-refractivity contribution in [2.75, 3.05) is 7.05 Å². The predicted molar refractivity (Wildman–Crippen MR) is 109 cm³/mol. The Kier molecular flexibility index (Phi) is 4.34. The molecular formula is C22H18INO. The van der Waals surface area contributed by atoms with Crippen LogP contribution in [0.25, 0.3) is 0 Å². The van der Waals surface area contributed by atoms with E-state index in [1.54, 1.807) is 0 Å². The van der Waals surface area contributed by atoms with Gasteiger partial charge in [-0.3, -0.25) is 4.79 Å². The lowest BCUT2D eigenvalue weighted by molar-refractivity contribution is 0.0686. The Morgan fingerprint density at radius 3 is 2.08 bits per heavy atom. The first-order chi connectivity index (χ1) is 12.2. The molecule has 0 spiro atoms. The van der Waals surface area contributed by atoms with Crippen LogP contribution in [0.5, 0.6) is 0 Å². The molecule has 25 heavy (non-hydrogen) atoms. The van der Waals surface area contributed by atoms with Gasteiger partial charge in [-0.05, 0) is 57.5 Å². The van der Waals surface area contributed by atoms with Crippen LogP contribution in [0.1, 0.15) is 39.0 Å². The molecule has 0 aromatic heterocycles. The van der Waals surface area contributed by atoms with E-state index in [-0.39, 0.29) is 17.9 Å². The fraction of sp³-hybridized carbons (Fsp3) is 0.136. The third-order valence-electron chi connectivity index (χ3n) is 4.93. The molecule has 4 rings (SSSR count). The van der Waals surface area contributed by atoms with E-state index in [1.165, 1.54) is 5.56 Å². The number of hydrogen-bond acceptors (Lipinski definition) is 1. The molecule has 0 unspecified atom stereocenters. The summed E-state index contributed by atoms with van der Waals surface area (Å²) in [6.07, 6.45) is 0. The number of fused-ring (bicyclic) bond motifs is 1. The third kappa shape index (κ3) is 2.86. The maximum atomic E-state index is 13.0. The molecule has 3 heteroatoms. The first kappa shape index (κ1) is 16.3. The number of halogens is 1. The fourth-order valence-electron chi connectivity index (χ4n) is 3.78. The molecule has 2 nitrogen and oxygen atoms in total. The highest BCUT2D eigenvalue weighted by molar-refractivity contribution is 14.1.